The molecule has 0 aliphatic carbocycles. The minimum absolute atomic E-state index is 0.0322. The molecule has 2 saturated heterocycles. The number of aromatic nitrogens is 7. The van der Waals surface area contributed by atoms with Crippen LogP contribution in [0.15, 0.2) is 73.0 Å². The second-order valence-electron chi connectivity index (χ2n) is 29.1. The molecule has 39 heteroatoms. The number of H-pyrrole nitrogens is 4. The molecule has 5 aromatic rings. The number of thioether (sulfide) groups is 1. The highest BCUT2D eigenvalue weighted by atomic mass is 32.2. The third-order valence-electron chi connectivity index (χ3n) is 19.3. The van der Waals surface area contributed by atoms with Gasteiger partial charge in [-0.1, -0.05) is 45.9 Å². The van der Waals surface area contributed by atoms with Gasteiger partial charge in [0.25, 0.3) is 0 Å². The fraction of sp³-hybridized carbons (Fsp3) is 0.575. The number of nitrogens with one attached hydrogen (secondary N) is 13. The SMILES string of the molecule is CSCC[C@H](NC(=O)[C@@H]1CCCN1C(=O)[C@H](CCC(N)=O)NC(=O)[C@H](CCCN=C(N)N)NC(=O)[C@H](Cc1cnc[nH]1)NC(=O)[C@H](Cc1cnc[nH]1)NC(=O)[C@@H]1CCCN1C(=O)[C@H](CC(C)C)NC(=O)[C@H](Cc1c[nH]c2ccccc12)NC(=O)[C@H](CCCCN)NC(=O)[C@H](CC(C)C)NC(=O)[C@@H](N)Cc1cnc[nH]1)C(=O)O. The zero-order valence-corrected chi connectivity index (χ0v) is 64.7. The molecule has 0 spiro atoms. The lowest BCUT2D eigenvalue weighted by molar-refractivity contribution is -0.145. The largest absolute Gasteiger partial charge is 0.480 e. The molecule has 0 radical (unpaired) electrons. The number of hydrogen-bond donors (Lipinski definition) is 19. The van der Waals surface area contributed by atoms with Gasteiger partial charge in [-0.3, -0.25) is 62.5 Å². The summed E-state index contributed by atoms with van der Waals surface area (Å²) in [5.74, 6) is -10.8. The number of unbranched alkanes of at least 4 members (excludes halogenated alkanes) is 1. The van der Waals surface area contributed by atoms with Crippen molar-refractivity contribution in [3.63, 3.8) is 0 Å². The average Bonchev–Trinajstić information content (AvgIpc) is 1.68. The molecular weight excluding hydrogens is 1470 g/mol. The minimum Gasteiger partial charge on any atom is -0.480 e. The first-order chi connectivity index (χ1) is 53.5. The summed E-state index contributed by atoms with van der Waals surface area (Å²) in [5.41, 5.74) is 31.6. The number of imidazole rings is 3. The third kappa shape index (κ3) is 27.2. The summed E-state index contributed by atoms with van der Waals surface area (Å²) in [6, 6.07) is -8.45. The van der Waals surface area contributed by atoms with Crippen LogP contribution >= 0.6 is 11.8 Å². The van der Waals surface area contributed by atoms with Gasteiger partial charge in [-0.2, -0.15) is 11.8 Å². The Balaban J connectivity index is 1.11. The fourth-order valence-electron chi connectivity index (χ4n) is 13.5. The second kappa shape index (κ2) is 44.2. The molecule has 2 aliphatic rings. The van der Waals surface area contributed by atoms with Crippen LogP contribution in [0.1, 0.15) is 140 Å². The number of benzene rings is 1. The minimum atomic E-state index is -1.55. The Hall–Kier alpha value is -11.0. The molecule has 12 amide bonds. The number of carbonyl (C=O) groups excluding carboxylic acids is 12. The molecule has 1 aromatic carbocycles. The molecule has 2 aliphatic heterocycles. The number of carbonyl (C=O) groups is 13. The Kier molecular flexibility index (Phi) is 34.8. The van der Waals surface area contributed by atoms with E-state index >= 15 is 19.2 Å². The molecule has 12 atom stereocenters. The molecule has 24 N–H and O–H groups in total. The van der Waals surface area contributed by atoms with Crippen molar-refractivity contribution in [2.45, 2.75) is 216 Å². The number of nitrogens with two attached hydrogens (primary N) is 5. The van der Waals surface area contributed by atoms with E-state index < -0.39 is 156 Å². The van der Waals surface area contributed by atoms with Crippen molar-refractivity contribution < 1.29 is 67.4 Å². The van der Waals surface area contributed by atoms with Crippen LogP contribution in [0.2, 0.25) is 0 Å². The van der Waals surface area contributed by atoms with E-state index in [-0.39, 0.29) is 127 Å². The van der Waals surface area contributed by atoms with E-state index in [2.05, 4.69) is 87.7 Å². The normalized spacial score (nSPS) is 16.8. The van der Waals surface area contributed by atoms with Gasteiger partial charge in [0.05, 0.1) is 25.0 Å². The lowest BCUT2D eigenvalue weighted by Crippen LogP contribution is -2.61. The average molecular weight is 1580 g/mol. The Morgan fingerprint density at radius 1 is 0.536 bits per heavy atom. The summed E-state index contributed by atoms with van der Waals surface area (Å²) >= 11 is 1.38. The van der Waals surface area contributed by atoms with Crippen molar-refractivity contribution >= 4 is 105 Å². The monoisotopic (exact) mass is 1580 g/mol. The molecule has 112 heavy (non-hydrogen) atoms. The number of primary amides is 1. The summed E-state index contributed by atoms with van der Waals surface area (Å²) in [6.07, 6.45) is 12.8. The molecule has 2 fully saturated rings. The van der Waals surface area contributed by atoms with E-state index in [1.165, 1.54) is 59.1 Å². The van der Waals surface area contributed by atoms with Gasteiger partial charge >= 0.3 is 5.97 Å². The fourth-order valence-corrected chi connectivity index (χ4v) is 14.0. The van der Waals surface area contributed by atoms with Gasteiger partial charge in [-0.15, -0.1) is 0 Å². The first-order valence-corrected chi connectivity index (χ1v) is 39.3. The maximum Gasteiger partial charge on any atom is 0.326 e. The number of hydrogen-bond acceptors (Lipinski definition) is 20. The number of rotatable bonds is 47. The lowest BCUT2D eigenvalue weighted by Gasteiger charge is -2.32. The molecule has 612 valence electrons. The molecular formula is C73H110N24O14S. The number of aliphatic carboxylic acids is 1. The van der Waals surface area contributed by atoms with E-state index in [4.69, 9.17) is 28.7 Å². The van der Waals surface area contributed by atoms with Gasteiger partial charge in [-0.25, -0.2) is 19.7 Å². The Labute approximate surface area is 652 Å². The number of nitrogens with zero attached hydrogens (tertiary/aromatic N) is 6. The summed E-state index contributed by atoms with van der Waals surface area (Å²) < 4.78 is 0. The molecule has 0 bridgehead atoms. The van der Waals surface area contributed by atoms with Gasteiger partial charge in [0.15, 0.2) is 5.96 Å². The van der Waals surface area contributed by atoms with Gasteiger partial charge in [-0.05, 0) is 125 Å². The van der Waals surface area contributed by atoms with Crippen molar-refractivity contribution in [2.24, 2.45) is 45.5 Å². The first kappa shape index (κ1) is 88.3. The highest BCUT2D eigenvalue weighted by Crippen LogP contribution is 2.25. The van der Waals surface area contributed by atoms with E-state index in [1.54, 1.807) is 12.5 Å². The van der Waals surface area contributed by atoms with E-state index in [9.17, 15) is 48.3 Å². The van der Waals surface area contributed by atoms with E-state index in [1.807, 2.05) is 52.0 Å². The van der Waals surface area contributed by atoms with Crippen molar-refractivity contribution in [3.8, 4) is 0 Å². The number of aromatic amines is 4. The summed E-state index contributed by atoms with van der Waals surface area (Å²) in [4.78, 5) is 216. The molecule has 4 aromatic heterocycles. The third-order valence-corrected chi connectivity index (χ3v) is 19.9. The van der Waals surface area contributed by atoms with Crippen molar-refractivity contribution in [1.82, 2.24) is 92.5 Å². The van der Waals surface area contributed by atoms with Crippen LogP contribution in [0.4, 0.5) is 0 Å². The predicted octanol–water partition coefficient (Wildman–Crippen LogP) is -2.34. The first-order valence-electron chi connectivity index (χ1n) is 37.9. The van der Waals surface area contributed by atoms with Crippen LogP contribution in [0, 0.1) is 11.8 Å². The number of amides is 12. The molecule has 0 unspecified atom stereocenters. The molecule has 7 rings (SSSR count). The topological polar surface area (TPSA) is 601 Å². The van der Waals surface area contributed by atoms with Gasteiger partial charge in [0.1, 0.15) is 66.5 Å². The van der Waals surface area contributed by atoms with Gasteiger partial charge in [0.2, 0.25) is 70.9 Å². The Morgan fingerprint density at radius 2 is 0.991 bits per heavy atom. The highest BCUT2D eigenvalue weighted by molar-refractivity contribution is 7.98. The van der Waals surface area contributed by atoms with Crippen LogP contribution < -0.4 is 76.5 Å². The predicted molar refractivity (Wildman–Crippen MR) is 414 cm³/mol. The maximum atomic E-state index is 15.3. The lowest BCUT2D eigenvalue weighted by atomic mass is 9.99. The van der Waals surface area contributed by atoms with Crippen LogP contribution in [0.3, 0.4) is 0 Å². The zero-order valence-electron chi connectivity index (χ0n) is 63.9. The van der Waals surface area contributed by atoms with Crippen molar-refractivity contribution in [2.75, 3.05) is 38.2 Å². The summed E-state index contributed by atoms with van der Waals surface area (Å²) in [6.45, 7) is 7.73. The Bertz CT molecular complexity index is 3980. The van der Waals surface area contributed by atoms with E-state index in [0.29, 0.717) is 54.1 Å². The van der Waals surface area contributed by atoms with Gasteiger partial charge in [0, 0.05) is 105 Å². The Morgan fingerprint density at radius 3 is 1.50 bits per heavy atom. The number of carboxylic acid groups (broad SMARTS) is 1. The van der Waals surface area contributed by atoms with Crippen LogP contribution in [-0.2, 0) is 88.0 Å². The van der Waals surface area contributed by atoms with E-state index in [0.717, 1.165) is 10.9 Å². The number of likely N-dealkylation sites (tertiary alicyclic amines) is 2. The van der Waals surface area contributed by atoms with Crippen LogP contribution in [0.5, 0.6) is 0 Å². The second-order valence-corrected chi connectivity index (χ2v) is 30.0. The number of aliphatic imine (C=N–C) groups is 1. The smallest absolute Gasteiger partial charge is 0.326 e. The molecule has 6 heterocycles. The number of para-hydroxylation sites is 1. The summed E-state index contributed by atoms with van der Waals surface area (Å²) in [7, 11) is 0. The highest BCUT2D eigenvalue weighted by Gasteiger charge is 2.43. The van der Waals surface area contributed by atoms with Crippen LogP contribution in [-0.4, -0.2) is 243 Å². The van der Waals surface area contributed by atoms with Gasteiger partial charge < -0.3 is 111 Å². The zero-order chi connectivity index (χ0) is 81.6. The van der Waals surface area contributed by atoms with Crippen LogP contribution in [0.25, 0.3) is 10.9 Å². The maximum absolute atomic E-state index is 15.3. The van der Waals surface area contributed by atoms with Crippen molar-refractivity contribution in [3.05, 3.63) is 90.7 Å². The molecule has 0 saturated carbocycles. The molecule has 38 nitrogen and oxygen atoms in total. The quantitative estimate of drug-likeness (QED) is 0.0110. The number of fused-ring (bicyclic) bond motifs is 1. The standard InChI is InChI=1S/C73H110N24O14S/c1-40(2)27-53(91-61(99)47(75)30-43-34-79-37-84-43)64(102)87-49(15-8-9-22-74)63(101)92-54(29-42-33-83-48-14-7-6-13-46(42)48)65(103)95-57(28-41(3)4)71(109)97-25-12-18-59(97)69(107)94-56(32-45-36-81-39-86-45)67(105)93-55(31-44-35-80-38-85-44)66(104)88-50(16-10-23-82-73(77)78)62(100)89-51(19-20-60(76)98)70(108)96-24-11-17-58(96)68(106)90-52(72(110)111)21-26-112-5/h6-7,13-14,33-41,47,49-59,83H,8-12,15-32,74-75H2,1-5H3,(H2,76,98)(H,79,84)(H,80,85)(H,81,86)(H,87,102)(H,88,104)(H,89,100)(H,90,106)(H,91,99)(H,92,101)(H,93,105)(H,94,107)(H,95,103)(H,110,111)(H4,77,78,82)/t47-,49-,50-,51-,52-,53-,54-,55-,56-,57-,58-,59-/m0/s1. The van der Waals surface area contributed by atoms with Crippen molar-refractivity contribution in [1.29, 1.82) is 0 Å². The number of guanidine groups is 1. The number of carboxylic acids is 1. The summed E-state index contributed by atoms with van der Waals surface area (Å²) in [5, 5.41) is 35.4.